The summed E-state index contributed by atoms with van der Waals surface area (Å²) in [5.74, 6) is -0.175. The van der Waals surface area contributed by atoms with E-state index in [0.717, 1.165) is 5.52 Å². The fourth-order valence-corrected chi connectivity index (χ4v) is 4.82. The van der Waals surface area contributed by atoms with Crippen molar-refractivity contribution in [3.63, 3.8) is 0 Å². The van der Waals surface area contributed by atoms with Crippen molar-refractivity contribution in [1.29, 1.82) is 0 Å². The summed E-state index contributed by atoms with van der Waals surface area (Å²) in [6.45, 7) is 3.81. The molecule has 0 aliphatic rings. The molecule has 4 aromatic rings. The SMILES string of the molecule is CCn1c(OC)nc2c(OCc3c(Cl)ccc(N(C)C(=O)CNC(=O)C=Cc4ccc(NC(C)=O)nc4)c3Cl)cccc21. The van der Waals surface area contributed by atoms with Gasteiger partial charge in [-0.25, -0.2) is 4.98 Å². The van der Waals surface area contributed by atoms with E-state index in [0.29, 0.717) is 51.5 Å². The van der Waals surface area contributed by atoms with E-state index in [4.69, 9.17) is 32.7 Å². The van der Waals surface area contributed by atoms with Crippen LogP contribution in [0.5, 0.6) is 11.8 Å². The molecule has 224 valence electrons. The molecule has 13 heteroatoms. The number of likely N-dealkylation sites (N-methyl/N-ethyl adjacent to an activating group) is 1. The van der Waals surface area contributed by atoms with Crippen LogP contribution in [0.25, 0.3) is 17.1 Å². The Bertz CT molecular complexity index is 1690. The number of nitrogens with one attached hydrogen (secondary N) is 2. The van der Waals surface area contributed by atoms with Crippen molar-refractivity contribution < 1.29 is 23.9 Å². The number of nitrogens with zero attached hydrogens (tertiary/aromatic N) is 4. The Morgan fingerprint density at radius 1 is 1.12 bits per heavy atom. The minimum atomic E-state index is -0.472. The maximum atomic E-state index is 12.9. The Balaban J connectivity index is 1.40. The van der Waals surface area contributed by atoms with Gasteiger partial charge in [-0.3, -0.25) is 19.0 Å². The number of anilines is 2. The third kappa shape index (κ3) is 7.43. The summed E-state index contributed by atoms with van der Waals surface area (Å²) >= 11 is 13.2. The number of methoxy groups -OCH3 is 1. The number of rotatable bonds is 11. The van der Waals surface area contributed by atoms with Gasteiger partial charge in [-0.2, -0.15) is 4.98 Å². The molecule has 0 unspecified atom stereocenters. The normalized spacial score (nSPS) is 11.0. The van der Waals surface area contributed by atoms with Crippen molar-refractivity contribution >= 4 is 69.5 Å². The maximum absolute atomic E-state index is 12.9. The van der Waals surface area contributed by atoms with E-state index in [1.165, 1.54) is 24.1 Å². The molecule has 2 aromatic heterocycles. The van der Waals surface area contributed by atoms with Crippen LogP contribution in [0, 0.1) is 0 Å². The Hall–Kier alpha value is -4.61. The predicted octanol–water partition coefficient (Wildman–Crippen LogP) is 5.10. The zero-order valence-corrected chi connectivity index (χ0v) is 25.5. The molecule has 4 rings (SSSR count). The molecule has 11 nitrogen and oxygen atoms in total. The molecule has 0 saturated heterocycles. The van der Waals surface area contributed by atoms with Crippen molar-refractivity contribution in [3.8, 4) is 11.8 Å². The average Bonchev–Trinajstić information content (AvgIpc) is 3.37. The average molecular weight is 626 g/mol. The molecule has 2 heterocycles. The first-order valence-electron chi connectivity index (χ1n) is 13.2. The number of para-hydroxylation sites is 1. The molecule has 3 amide bonds. The van der Waals surface area contributed by atoms with Crippen LogP contribution >= 0.6 is 23.2 Å². The van der Waals surface area contributed by atoms with Gasteiger partial charge in [-0.15, -0.1) is 0 Å². The molecular formula is C30H30Cl2N6O5. The third-order valence-corrected chi connectivity index (χ3v) is 7.19. The molecule has 0 radical (unpaired) electrons. The summed E-state index contributed by atoms with van der Waals surface area (Å²) in [6, 6.07) is 12.6. The predicted molar refractivity (Wildman–Crippen MR) is 167 cm³/mol. The Morgan fingerprint density at radius 2 is 1.91 bits per heavy atom. The number of hydrogen-bond acceptors (Lipinski definition) is 7. The Labute approximate surface area is 258 Å². The Kier molecular flexibility index (Phi) is 10.2. The number of carbonyl (C=O) groups excluding carboxylic acids is 3. The molecule has 0 bridgehead atoms. The van der Waals surface area contributed by atoms with Gasteiger partial charge < -0.3 is 25.0 Å². The van der Waals surface area contributed by atoms with Gasteiger partial charge in [0.2, 0.25) is 17.7 Å². The summed E-state index contributed by atoms with van der Waals surface area (Å²) in [4.78, 5) is 46.3. The molecule has 0 atom stereocenters. The lowest BCUT2D eigenvalue weighted by molar-refractivity contribution is -0.122. The lowest BCUT2D eigenvalue weighted by atomic mass is 10.2. The topological polar surface area (TPSA) is 128 Å². The molecule has 2 aromatic carbocycles. The highest BCUT2D eigenvalue weighted by Crippen LogP contribution is 2.36. The summed E-state index contributed by atoms with van der Waals surface area (Å²) < 4.78 is 13.4. The van der Waals surface area contributed by atoms with Crippen LogP contribution in [-0.2, 0) is 27.5 Å². The van der Waals surface area contributed by atoms with Gasteiger partial charge in [0.15, 0.2) is 0 Å². The van der Waals surface area contributed by atoms with Crippen molar-refractivity contribution in [2.75, 3.05) is 30.9 Å². The van der Waals surface area contributed by atoms with Crippen molar-refractivity contribution in [1.82, 2.24) is 19.9 Å². The second-order valence-corrected chi connectivity index (χ2v) is 10.1. The zero-order valence-electron chi connectivity index (χ0n) is 24.0. The number of carbonyl (C=O) groups is 3. The van der Waals surface area contributed by atoms with Crippen LogP contribution in [0.1, 0.15) is 25.0 Å². The van der Waals surface area contributed by atoms with E-state index in [1.54, 1.807) is 50.6 Å². The van der Waals surface area contributed by atoms with Crippen LogP contribution in [0.4, 0.5) is 11.5 Å². The Morgan fingerprint density at radius 3 is 2.58 bits per heavy atom. The number of pyridine rings is 1. The van der Waals surface area contributed by atoms with E-state index in [2.05, 4.69) is 20.6 Å². The fraction of sp³-hybridized carbons (Fsp3) is 0.233. The highest BCUT2D eigenvalue weighted by atomic mass is 35.5. The van der Waals surface area contributed by atoms with Gasteiger partial charge in [0, 0.05) is 43.4 Å². The van der Waals surface area contributed by atoms with E-state index in [-0.39, 0.29) is 24.1 Å². The van der Waals surface area contributed by atoms with Crippen molar-refractivity contribution in [2.24, 2.45) is 0 Å². The number of aromatic nitrogens is 3. The highest BCUT2D eigenvalue weighted by Gasteiger charge is 2.20. The standard InChI is InChI=1S/C30H30Cl2N6O5/c1-5-38-23-7-6-8-24(29(23)36-30(38)42-4)43-17-20-21(31)11-12-22(28(20)32)37(3)27(41)16-34-26(40)14-10-19-9-13-25(33-15-19)35-18(2)39/h6-15H,5,16-17H2,1-4H3,(H,34,40)(H,33,35,39). The molecule has 0 aliphatic carbocycles. The monoisotopic (exact) mass is 624 g/mol. The quantitative estimate of drug-likeness (QED) is 0.222. The van der Waals surface area contributed by atoms with Crippen LogP contribution < -0.4 is 25.0 Å². The van der Waals surface area contributed by atoms with E-state index in [1.807, 2.05) is 23.6 Å². The van der Waals surface area contributed by atoms with Crippen molar-refractivity contribution in [3.05, 3.63) is 75.9 Å². The number of fused-ring (bicyclic) bond motifs is 1. The zero-order chi connectivity index (χ0) is 31.1. The van der Waals surface area contributed by atoms with E-state index in [9.17, 15) is 14.4 Å². The minimum absolute atomic E-state index is 0.0239. The van der Waals surface area contributed by atoms with E-state index < -0.39 is 11.8 Å². The molecule has 2 N–H and O–H groups in total. The third-order valence-electron chi connectivity index (χ3n) is 6.41. The first-order chi connectivity index (χ1) is 20.6. The number of amides is 3. The van der Waals surface area contributed by atoms with E-state index >= 15 is 0 Å². The van der Waals surface area contributed by atoms with Gasteiger partial charge in [0.25, 0.3) is 6.01 Å². The summed E-state index contributed by atoms with van der Waals surface area (Å²) in [5.41, 5.74) is 3.04. The number of aryl methyl sites for hydroxylation is 1. The van der Waals surface area contributed by atoms with Gasteiger partial charge in [0.05, 0.1) is 29.9 Å². The van der Waals surface area contributed by atoms with Gasteiger partial charge in [-0.05, 0) is 55.0 Å². The molecule has 0 spiro atoms. The number of ether oxygens (including phenoxy) is 2. The van der Waals surface area contributed by atoms with Crippen molar-refractivity contribution in [2.45, 2.75) is 27.0 Å². The summed E-state index contributed by atoms with van der Waals surface area (Å²) in [5, 5.41) is 5.74. The summed E-state index contributed by atoms with van der Waals surface area (Å²) in [7, 11) is 3.12. The lowest BCUT2D eigenvalue weighted by Gasteiger charge is -2.21. The molecular weight excluding hydrogens is 595 g/mol. The summed E-state index contributed by atoms with van der Waals surface area (Å²) in [6.07, 6.45) is 4.33. The van der Waals surface area contributed by atoms with Crippen LogP contribution in [0.2, 0.25) is 10.0 Å². The molecule has 43 heavy (non-hydrogen) atoms. The maximum Gasteiger partial charge on any atom is 0.297 e. The van der Waals surface area contributed by atoms with Gasteiger partial charge in [0.1, 0.15) is 23.7 Å². The molecule has 0 fully saturated rings. The number of hydrogen-bond donors (Lipinski definition) is 2. The molecule has 0 saturated carbocycles. The number of benzene rings is 2. The van der Waals surface area contributed by atoms with Gasteiger partial charge >= 0.3 is 0 Å². The number of imidazole rings is 1. The highest BCUT2D eigenvalue weighted by molar-refractivity contribution is 6.38. The second kappa shape index (κ2) is 14.0. The minimum Gasteiger partial charge on any atom is -0.486 e. The number of halogens is 2. The fourth-order valence-electron chi connectivity index (χ4n) is 4.21. The van der Waals surface area contributed by atoms with Crippen LogP contribution in [0.3, 0.4) is 0 Å². The van der Waals surface area contributed by atoms with Crippen LogP contribution in [-0.4, -0.2) is 53.0 Å². The smallest absolute Gasteiger partial charge is 0.297 e. The lowest BCUT2D eigenvalue weighted by Crippen LogP contribution is -2.37. The first kappa shape index (κ1) is 31.3. The van der Waals surface area contributed by atoms with Gasteiger partial charge in [-0.1, -0.05) is 29.3 Å². The second-order valence-electron chi connectivity index (χ2n) is 9.28. The molecule has 0 aliphatic heterocycles. The largest absolute Gasteiger partial charge is 0.486 e. The first-order valence-corrected chi connectivity index (χ1v) is 14.0. The van der Waals surface area contributed by atoms with Crippen LogP contribution in [0.15, 0.2) is 54.7 Å².